The van der Waals surface area contributed by atoms with Crippen LogP contribution >= 0.6 is 0 Å². The van der Waals surface area contributed by atoms with Crippen molar-refractivity contribution in [2.75, 3.05) is 25.5 Å². The van der Waals surface area contributed by atoms with Crippen molar-refractivity contribution >= 4 is 23.4 Å². The number of methoxy groups -OCH3 is 1. The summed E-state index contributed by atoms with van der Waals surface area (Å²) in [7, 11) is 1.23. The SMILES string of the molecule is COC(=O)c1cc([N+](=O)[O-])c(NC2CCN(C(=O)OC(C)(C)C)CC2)cc1C. The number of nitrogens with zero attached hydrogens (tertiary/aromatic N) is 2. The van der Waals surface area contributed by atoms with Crippen LogP contribution < -0.4 is 5.32 Å². The van der Waals surface area contributed by atoms with Gasteiger partial charge in [-0.25, -0.2) is 9.59 Å². The van der Waals surface area contributed by atoms with Gasteiger partial charge in [0.15, 0.2) is 0 Å². The molecule has 28 heavy (non-hydrogen) atoms. The van der Waals surface area contributed by atoms with E-state index in [0.717, 1.165) is 0 Å². The van der Waals surface area contributed by atoms with Crippen LogP contribution in [0.15, 0.2) is 12.1 Å². The minimum Gasteiger partial charge on any atom is -0.465 e. The summed E-state index contributed by atoms with van der Waals surface area (Å²) in [5.41, 5.74) is 0.378. The number of nitro benzene ring substituents is 1. The molecule has 1 aliphatic heterocycles. The summed E-state index contributed by atoms with van der Waals surface area (Å²) in [5, 5.41) is 14.6. The van der Waals surface area contributed by atoms with Gasteiger partial charge in [-0.2, -0.15) is 0 Å². The average molecular weight is 393 g/mol. The van der Waals surface area contributed by atoms with Gasteiger partial charge >= 0.3 is 12.1 Å². The fourth-order valence-electron chi connectivity index (χ4n) is 3.05. The number of benzene rings is 1. The number of nitrogens with one attached hydrogen (secondary N) is 1. The molecular weight excluding hydrogens is 366 g/mol. The molecule has 154 valence electrons. The number of hydrogen-bond acceptors (Lipinski definition) is 7. The number of piperidine rings is 1. The number of amides is 1. The fourth-order valence-corrected chi connectivity index (χ4v) is 3.05. The number of likely N-dealkylation sites (tertiary alicyclic amines) is 1. The number of aryl methyl sites for hydroxylation is 1. The van der Waals surface area contributed by atoms with E-state index in [2.05, 4.69) is 10.1 Å². The molecule has 0 unspecified atom stereocenters. The third-order valence-electron chi connectivity index (χ3n) is 4.45. The Morgan fingerprint density at radius 3 is 2.36 bits per heavy atom. The Morgan fingerprint density at radius 2 is 1.86 bits per heavy atom. The summed E-state index contributed by atoms with van der Waals surface area (Å²) in [6.45, 7) is 8.15. The van der Waals surface area contributed by atoms with Crippen LogP contribution in [0.25, 0.3) is 0 Å². The Hall–Kier alpha value is -2.84. The zero-order chi connectivity index (χ0) is 21.1. The molecule has 9 heteroatoms. The van der Waals surface area contributed by atoms with E-state index >= 15 is 0 Å². The first-order valence-electron chi connectivity index (χ1n) is 9.13. The molecule has 0 aliphatic carbocycles. The predicted molar refractivity (Wildman–Crippen MR) is 104 cm³/mol. The van der Waals surface area contributed by atoms with Crippen molar-refractivity contribution in [1.82, 2.24) is 4.90 Å². The minimum atomic E-state index is -0.613. The van der Waals surface area contributed by atoms with Gasteiger partial charge in [0.05, 0.1) is 17.6 Å². The van der Waals surface area contributed by atoms with Gasteiger partial charge in [-0.3, -0.25) is 10.1 Å². The maximum atomic E-state index is 12.1. The Bertz CT molecular complexity index is 764. The number of rotatable bonds is 4. The molecule has 1 aliphatic rings. The molecule has 0 atom stereocenters. The van der Waals surface area contributed by atoms with Crippen LogP contribution in [0.3, 0.4) is 0 Å². The molecule has 0 bridgehead atoms. The number of esters is 1. The molecule has 1 fully saturated rings. The number of anilines is 1. The summed E-state index contributed by atoms with van der Waals surface area (Å²) in [4.78, 5) is 36.5. The van der Waals surface area contributed by atoms with Crippen molar-refractivity contribution in [3.8, 4) is 0 Å². The summed E-state index contributed by atoms with van der Waals surface area (Å²) < 4.78 is 10.1. The normalized spacial score (nSPS) is 15.1. The van der Waals surface area contributed by atoms with Crippen LogP contribution in [0, 0.1) is 17.0 Å². The number of hydrogen-bond donors (Lipinski definition) is 1. The van der Waals surface area contributed by atoms with Crippen LogP contribution in [0.4, 0.5) is 16.2 Å². The Labute approximate surface area is 164 Å². The summed E-state index contributed by atoms with van der Waals surface area (Å²) >= 11 is 0. The standard InChI is InChI=1S/C19H27N3O6/c1-12-10-15(16(22(25)26)11-14(12)17(23)27-5)20-13-6-8-21(9-7-13)18(24)28-19(2,3)4/h10-11,13,20H,6-9H2,1-5H3. The molecule has 0 radical (unpaired) electrons. The summed E-state index contributed by atoms with van der Waals surface area (Å²) in [5.74, 6) is -0.613. The van der Waals surface area contributed by atoms with E-state index in [0.29, 0.717) is 37.2 Å². The molecule has 1 aromatic carbocycles. The lowest BCUT2D eigenvalue weighted by molar-refractivity contribution is -0.384. The predicted octanol–water partition coefficient (Wildman–Crippen LogP) is 3.50. The number of nitro groups is 1. The Kier molecular flexibility index (Phi) is 6.48. The van der Waals surface area contributed by atoms with E-state index in [-0.39, 0.29) is 23.4 Å². The van der Waals surface area contributed by atoms with Crippen molar-refractivity contribution in [3.63, 3.8) is 0 Å². The quantitative estimate of drug-likeness (QED) is 0.473. The second-order valence-electron chi connectivity index (χ2n) is 7.82. The second kappa shape index (κ2) is 8.45. The highest BCUT2D eigenvalue weighted by atomic mass is 16.6. The topological polar surface area (TPSA) is 111 Å². The molecule has 0 spiro atoms. The minimum absolute atomic E-state index is 0.0271. The average Bonchev–Trinajstić information content (AvgIpc) is 2.60. The molecule has 1 aromatic rings. The smallest absolute Gasteiger partial charge is 0.410 e. The number of ether oxygens (including phenoxy) is 2. The van der Waals surface area contributed by atoms with E-state index < -0.39 is 16.5 Å². The monoisotopic (exact) mass is 393 g/mol. The van der Waals surface area contributed by atoms with E-state index in [9.17, 15) is 19.7 Å². The van der Waals surface area contributed by atoms with Crippen molar-refractivity contribution < 1.29 is 24.0 Å². The zero-order valence-corrected chi connectivity index (χ0v) is 16.9. The zero-order valence-electron chi connectivity index (χ0n) is 16.9. The first-order valence-corrected chi connectivity index (χ1v) is 9.13. The summed E-state index contributed by atoms with van der Waals surface area (Å²) in [6, 6.07) is 2.80. The molecule has 1 amide bonds. The van der Waals surface area contributed by atoms with Crippen LogP contribution in [0.5, 0.6) is 0 Å². The van der Waals surface area contributed by atoms with Crippen molar-refractivity contribution in [2.24, 2.45) is 0 Å². The largest absolute Gasteiger partial charge is 0.465 e. The molecule has 1 heterocycles. The van der Waals surface area contributed by atoms with E-state index in [1.54, 1.807) is 17.9 Å². The second-order valence-corrected chi connectivity index (χ2v) is 7.82. The van der Waals surface area contributed by atoms with Crippen molar-refractivity contribution in [1.29, 1.82) is 0 Å². The third kappa shape index (κ3) is 5.34. The molecule has 1 N–H and O–H groups in total. The highest BCUT2D eigenvalue weighted by Gasteiger charge is 2.28. The van der Waals surface area contributed by atoms with Gasteiger partial charge in [0, 0.05) is 25.2 Å². The Morgan fingerprint density at radius 1 is 1.25 bits per heavy atom. The fraction of sp³-hybridized carbons (Fsp3) is 0.579. The molecule has 0 aromatic heterocycles. The van der Waals surface area contributed by atoms with Crippen LogP contribution in [0.2, 0.25) is 0 Å². The van der Waals surface area contributed by atoms with E-state index in [4.69, 9.17) is 4.74 Å². The van der Waals surface area contributed by atoms with Gasteiger partial charge in [0.2, 0.25) is 0 Å². The first kappa shape index (κ1) is 21.5. The van der Waals surface area contributed by atoms with Gasteiger partial charge in [0.1, 0.15) is 11.3 Å². The van der Waals surface area contributed by atoms with Crippen LogP contribution in [0.1, 0.15) is 49.5 Å². The van der Waals surface area contributed by atoms with Crippen LogP contribution in [-0.4, -0.2) is 53.7 Å². The lowest BCUT2D eigenvalue weighted by Gasteiger charge is -2.34. The molecule has 0 saturated carbocycles. The highest BCUT2D eigenvalue weighted by Crippen LogP contribution is 2.30. The van der Waals surface area contributed by atoms with Gasteiger partial charge in [-0.1, -0.05) is 0 Å². The van der Waals surface area contributed by atoms with Gasteiger partial charge in [-0.15, -0.1) is 0 Å². The van der Waals surface area contributed by atoms with Crippen LogP contribution in [-0.2, 0) is 9.47 Å². The van der Waals surface area contributed by atoms with Crippen molar-refractivity contribution in [2.45, 2.75) is 52.2 Å². The number of carbonyl (C=O) groups is 2. The maximum Gasteiger partial charge on any atom is 0.410 e. The number of carbonyl (C=O) groups excluding carboxylic acids is 2. The molecule has 9 nitrogen and oxygen atoms in total. The lowest BCUT2D eigenvalue weighted by Crippen LogP contribution is -2.44. The van der Waals surface area contributed by atoms with Gasteiger partial charge in [-0.05, 0) is 52.2 Å². The highest BCUT2D eigenvalue weighted by molar-refractivity contribution is 5.93. The van der Waals surface area contributed by atoms with E-state index in [1.165, 1.54) is 13.2 Å². The van der Waals surface area contributed by atoms with E-state index in [1.807, 2.05) is 20.8 Å². The molecular formula is C19H27N3O6. The molecule has 1 saturated heterocycles. The van der Waals surface area contributed by atoms with Crippen molar-refractivity contribution in [3.05, 3.63) is 33.4 Å². The molecule has 2 rings (SSSR count). The lowest BCUT2D eigenvalue weighted by atomic mass is 10.0. The Balaban J connectivity index is 2.08. The van der Waals surface area contributed by atoms with Gasteiger partial charge in [0.25, 0.3) is 5.69 Å². The summed E-state index contributed by atoms with van der Waals surface area (Å²) in [6.07, 6.45) is 0.915. The van der Waals surface area contributed by atoms with Gasteiger partial charge < -0.3 is 19.7 Å². The first-order chi connectivity index (χ1) is 13.0. The maximum absolute atomic E-state index is 12.1. The third-order valence-corrected chi connectivity index (χ3v) is 4.45.